The van der Waals surface area contributed by atoms with Gasteiger partial charge in [0.1, 0.15) is 0 Å². The molecule has 2 nitrogen and oxygen atoms in total. The molecule has 0 aliphatic heterocycles. The molecule has 160 valence electrons. The molecule has 0 saturated heterocycles. The first kappa shape index (κ1) is 21.7. The van der Waals surface area contributed by atoms with E-state index in [2.05, 4.69) is 97.1 Å². The van der Waals surface area contributed by atoms with Crippen molar-refractivity contribution in [3.05, 3.63) is 133 Å². The third-order valence-electron chi connectivity index (χ3n) is 5.73. The molecule has 0 bridgehead atoms. The van der Waals surface area contributed by atoms with Gasteiger partial charge in [0.2, 0.25) is 0 Å². The van der Waals surface area contributed by atoms with Gasteiger partial charge in [0.15, 0.2) is 0 Å². The van der Waals surface area contributed by atoms with Gasteiger partial charge in [-0.3, -0.25) is 0 Å². The van der Waals surface area contributed by atoms with Gasteiger partial charge in [0.05, 0.1) is 0 Å². The molecule has 32 heavy (non-hydrogen) atoms. The van der Waals surface area contributed by atoms with Crippen molar-refractivity contribution >= 4 is 33.8 Å². The summed E-state index contributed by atoms with van der Waals surface area (Å²) in [6.45, 7) is -0.300. The molecule has 0 aliphatic rings. The van der Waals surface area contributed by atoms with Crippen molar-refractivity contribution in [3.8, 4) is 0 Å². The molecule has 0 fully saturated rings. The van der Waals surface area contributed by atoms with Gasteiger partial charge in [-0.05, 0) is 0 Å². The molecule has 3 heteroatoms. The van der Waals surface area contributed by atoms with Crippen LogP contribution < -0.4 is 21.2 Å². The quantitative estimate of drug-likeness (QED) is 0.223. The van der Waals surface area contributed by atoms with Gasteiger partial charge >= 0.3 is 190 Å². The molecule has 0 amide bonds. The van der Waals surface area contributed by atoms with Crippen molar-refractivity contribution in [2.24, 2.45) is 0 Å². The summed E-state index contributed by atoms with van der Waals surface area (Å²) in [5.41, 5.74) is 0. The normalized spacial score (nSPS) is 13.1. The third kappa shape index (κ3) is 3.47. The molecule has 4 aromatic rings. The van der Waals surface area contributed by atoms with E-state index in [4.69, 9.17) is 4.52 Å². The molecule has 0 heterocycles. The second kappa shape index (κ2) is 8.94. The fourth-order valence-corrected chi connectivity index (χ4v) is 10.4. The van der Waals surface area contributed by atoms with Crippen molar-refractivity contribution in [2.75, 3.05) is 0 Å². The van der Waals surface area contributed by atoms with Gasteiger partial charge in [-0.25, -0.2) is 0 Å². The van der Waals surface area contributed by atoms with Crippen molar-refractivity contribution in [2.45, 2.75) is 13.8 Å². The second-order valence-electron chi connectivity index (χ2n) is 7.84. The van der Waals surface area contributed by atoms with Crippen molar-refractivity contribution in [3.63, 3.8) is 0 Å². The van der Waals surface area contributed by atoms with Crippen LogP contribution in [0.5, 0.6) is 0 Å². The first-order valence-corrected chi connectivity index (χ1v) is 12.9. The third-order valence-corrected chi connectivity index (χ3v) is 11.5. The second-order valence-corrected chi connectivity index (χ2v) is 12.2. The first-order valence-electron chi connectivity index (χ1n) is 10.7. The van der Waals surface area contributed by atoms with E-state index < -0.39 is 6.83 Å². The number of benzene rings is 4. The van der Waals surface area contributed by atoms with Crippen LogP contribution in [0.4, 0.5) is 0 Å². The first-order chi connectivity index (χ1) is 15.6. The van der Waals surface area contributed by atoms with E-state index >= 15 is 0 Å². The molecule has 0 atom stereocenters. The van der Waals surface area contributed by atoms with Gasteiger partial charge in [-0.1, -0.05) is 0 Å². The van der Waals surface area contributed by atoms with Crippen LogP contribution in [0, 0.1) is 0 Å². The number of carbonyl (C=O) groups excluding carboxylic acids is 1. The molecule has 0 radical (unpaired) electrons. The number of hydrogen-bond acceptors (Lipinski definition) is 2. The summed E-state index contributed by atoms with van der Waals surface area (Å²) in [6, 6.07) is 41.7. The summed E-state index contributed by atoms with van der Waals surface area (Å²) in [5, 5.41) is 4.33. The SMILES string of the molecule is CC(=O)/C=C(\C)OP(c1ccccc1)(c1ccccc1)(c1ccccc1)c1ccccc1. The summed E-state index contributed by atoms with van der Waals surface area (Å²) in [4.78, 5) is 12.0. The van der Waals surface area contributed by atoms with E-state index in [0.717, 1.165) is 21.2 Å². The molecular formula is C29H27O2P. The average Bonchev–Trinajstić information content (AvgIpc) is 2.84. The Morgan fingerprint density at radius 2 is 0.844 bits per heavy atom. The monoisotopic (exact) mass is 438 g/mol. The van der Waals surface area contributed by atoms with Crippen LogP contribution in [0.1, 0.15) is 13.8 Å². The Bertz CT molecular complexity index is 1050. The van der Waals surface area contributed by atoms with E-state index in [1.165, 1.54) is 0 Å². The number of rotatable bonds is 7. The van der Waals surface area contributed by atoms with E-state index in [-0.39, 0.29) is 5.78 Å². The molecular weight excluding hydrogens is 411 g/mol. The fourth-order valence-electron chi connectivity index (χ4n) is 4.56. The van der Waals surface area contributed by atoms with Gasteiger partial charge in [0, 0.05) is 0 Å². The predicted octanol–water partition coefficient (Wildman–Crippen LogP) is 5.27. The van der Waals surface area contributed by atoms with Gasteiger partial charge in [-0.2, -0.15) is 0 Å². The molecule has 0 aliphatic carbocycles. The standard InChI is InChI=1S/C29H27O2P/c1-24(30)23-25(2)31-32(26-15-7-3-8-16-26,27-17-9-4-10-18-27,28-19-11-5-12-20-28)29-21-13-6-14-22-29/h3-23H,1-2H3/b25-23+. The number of allylic oxidation sites excluding steroid dienone is 2. The average molecular weight is 439 g/mol. The Kier molecular flexibility index (Phi) is 6.08. The molecule has 4 aromatic carbocycles. The molecule has 0 saturated carbocycles. The van der Waals surface area contributed by atoms with E-state index in [0.29, 0.717) is 5.76 Å². The van der Waals surface area contributed by atoms with Crippen LogP contribution in [0.25, 0.3) is 0 Å². The Labute approximate surface area is 190 Å². The maximum atomic E-state index is 12.0. The summed E-state index contributed by atoms with van der Waals surface area (Å²) in [5.74, 6) is 0.553. The van der Waals surface area contributed by atoms with Crippen LogP contribution in [-0.4, -0.2) is 5.78 Å². The van der Waals surface area contributed by atoms with Gasteiger partial charge < -0.3 is 0 Å². The molecule has 4 rings (SSSR count). The van der Waals surface area contributed by atoms with Crippen LogP contribution in [0.3, 0.4) is 0 Å². The number of ketones is 1. The van der Waals surface area contributed by atoms with E-state index in [9.17, 15) is 4.79 Å². The van der Waals surface area contributed by atoms with Crippen molar-refractivity contribution in [1.29, 1.82) is 0 Å². The Morgan fingerprint density at radius 3 is 1.09 bits per heavy atom. The van der Waals surface area contributed by atoms with Crippen LogP contribution in [0.2, 0.25) is 0 Å². The topological polar surface area (TPSA) is 26.3 Å². The minimum absolute atomic E-state index is 0.0404. The Hall–Kier alpha value is -3.48. The van der Waals surface area contributed by atoms with Crippen LogP contribution in [0.15, 0.2) is 133 Å². The Morgan fingerprint density at radius 1 is 0.562 bits per heavy atom. The zero-order valence-electron chi connectivity index (χ0n) is 18.4. The van der Waals surface area contributed by atoms with Crippen molar-refractivity contribution in [1.82, 2.24) is 0 Å². The number of carbonyl (C=O) groups is 1. The van der Waals surface area contributed by atoms with Crippen LogP contribution >= 0.6 is 6.83 Å². The zero-order chi connectivity index (χ0) is 22.5. The molecule has 0 unspecified atom stereocenters. The molecule has 0 aromatic heterocycles. The van der Waals surface area contributed by atoms with E-state index in [1.807, 2.05) is 31.2 Å². The van der Waals surface area contributed by atoms with Crippen LogP contribution in [-0.2, 0) is 9.32 Å². The van der Waals surface area contributed by atoms with Gasteiger partial charge in [-0.15, -0.1) is 0 Å². The summed E-state index contributed by atoms with van der Waals surface area (Å²) >= 11 is 0. The summed E-state index contributed by atoms with van der Waals surface area (Å²) in [7, 11) is 0. The Balaban J connectivity index is 2.28. The van der Waals surface area contributed by atoms with E-state index in [1.54, 1.807) is 13.0 Å². The molecule has 0 spiro atoms. The summed E-state index contributed by atoms with van der Waals surface area (Å²) < 4.78 is 7.25. The molecule has 0 N–H and O–H groups in total. The van der Waals surface area contributed by atoms with Gasteiger partial charge in [0.25, 0.3) is 0 Å². The summed E-state index contributed by atoms with van der Waals surface area (Å²) in [6.07, 6.45) is 1.58. The van der Waals surface area contributed by atoms with Crippen molar-refractivity contribution < 1.29 is 9.32 Å². The zero-order valence-corrected chi connectivity index (χ0v) is 19.3. The minimum atomic E-state index is -3.73. The maximum absolute atomic E-state index is 12.0. The predicted molar refractivity (Wildman–Crippen MR) is 137 cm³/mol. The number of hydrogen-bond donors (Lipinski definition) is 0. The fraction of sp³-hybridized carbons (Fsp3) is 0.0690.